The van der Waals surface area contributed by atoms with Gasteiger partial charge in [0.25, 0.3) is 5.91 Å². The molecular formula is C16H19N3O3. The molecule has 3 N–H and O–H groups in total. The van der Waals surface area contributed by atoms with Gasteiger partial charge < -0.3 is 20.4 Å². The number of amides is 2. The Morgan fingerprint density at radius 1 is 1.18 bits per heavy atom. The lowest BCUT2D eigenvalue weighted by Crippen LogP contribution is -2.28. The minimum Gasteiger partial charge on any atom is -0.467 e. The van der Waals surface area contributed by atoms with E-state index >= 15 is 0 Å². The van der Waals surface area contributed by atoms with Gasteiger partial charge in [-0.25, -0.2) is 0 Å². The highest BCUT2D eigenvalue weighted by molar-refractivity contribution is 5.97. The molecule has 0 fully saturated rings. The number of rotatable bonds is 7. The second-order valence-electron chi connectivity index (χ2n) is 4.67. The van der Waals surface area contributed by atoms with E-state index in [1.807, 2.05) is 6.92 Å². The van der Waals surface area contributed by atoms with Gasteiger partial charge in [-0.15, -0.1) is 0 Å². The first-order valence-corrected chi connectivity index (χ1v) is 7.10. The van der Waals surface area contributed by atoms with E-state index in [-0.39, 0.29) is 18.4 Å². The summed E-state index contributed by atoms with van der Waals surface area (Å²) in [5.74, 6) is 0.317. The van der Waals surface area contributed by atoms with Gasteiger partial charge in [0.1, 0.15) is 5.76 Å². The summed E-state index contributed by atoms with van der Waals surface area (Å²) in [5, 5.41) is 8.44. The molecule has 0 unspecified atom stereocenters. The number of hydrogen-bond acceptors (Lipinski definition) is 4. The molecule has 2 aromatic rings. The van der Waals surface area contributed by atoms with E-state index in [9.17, 15) is 9.59 Å². The van der Waals surface area contributed by atoms with Gasteiger partial charge in [0, 0.05) is 11.3 Å². The van der Waals surface area contributed by atoms with Gasteiger partial charge in [0.15, 0.2) is 0 Å². The summed E-state index contributed by atoms with van der Waals surface area (Å²) in [4.78, 5) is 23.7. The lowest BCUT2D eigenvalue weighted by Gasteiger charge is -2.08. The van der Waals surface area contributed by atoms with Crippen molar-refractivity contribution in [1.82, 2.24) is 10.6 Å². The van der Waals surface area contributed by atoms with Crippen molar-refractivity contribution in [3.63, 3.8) is 0 Å². The molecule has 0 aliphatic rings. The molecule has 6 nitrogen and oxygen atoms in total. The Morgan fingerprint density at radius 3 is 2.77 bits per heavy atom. The third-order valence-corrected chi connectivity index (χ3v) is 2.95. The predicted octanol–water partition coefficient (Wildman–Crippen LogP) is 1.76. The molecule has 0 saturated heterocycles. The summed E-state index contributed by atoms with van der Waals surface area (Å²) in [6.07, 6.45) is 1.56. The predicted molar refractivity (Wildman–Crippen MR) is 83.5 cm³/mol. The minimum absolute atomic E-state index is 0.144. The maximum absolute atomic E-state index is 12.1. The molecule has 1 aromatic heterocycles. The van der Waals surface area contributed by atoms with Crippen molar-refractivity contribution in [2.45, 2.75) is 13.5 Å². The standard InChI is InChI=1S/C16H19N3O3/c1-2-17-11-15(20)19-13-6-3-5-12(9-13)16(21)18-10-14-7-4-8-22-14/h3-9,17H,2,10-11H2,1H3,(H,18,21)(H,19,20). The van der Waals surface area contributed by atoms with Crippen LogP contribution in [0.4, 0.5) is 5.69 Å². The maximum atomic E-state index is 12.1. The molecule has 2 amide bonds. The molecule has 0 bridgehead atoms. The Labute approximate surface area is 128 Å². The van der Waals surface area contributed by atoms with E-state index < -0.39 is 0 Å². The minimum atomic E-state index is -0.223. The summed E-state index contributed by atoms with van der Waals surface area (Å²) in [5.41, 5.74) is 1.07. The third kappa shape index (κ3) is 4.75. The summed E-state index contributed by atoms with van der Waals surface area (Å²) >= 11 is 0. The Morgan fingerprint density at radius 2 is 2.05 bits per heavy atom. The van der Waals surface area contributed by atoms with Gasteiger partial charge >= 0.3 is 0 Å². The van der Waals surface area contributed by atoms with Crippen LogP contribution < -0.4 is 16.0 Å². The van der Waals surface area contributed by atoms with Crippen molar-refractivity contribution in [3.8, 4) is 0 Å². The molecule has 0 aliphatic heterocycles. The van der Waals surface area contributed by atoms with Crippen LogP contribution in [0.3, 0.4) is 0 Å². The largest absolute Gasteiger partial charge is 0.467 e. The van der Waals surface area contributed by atoms with E-state index in [0.29, 0.717) is 23.6 Å². The zero-order valence-electron chi connectivity index (χ0n) is 12.4. The average Bonchev–Trinajstić information content (AvgIpc) is 3.04. The molecule has 2 rings (SSSR count). The van der Waals surface area contributed by atoms with Crippen LogP contribution in [-0.2, 0) is 11.3 Å². The van der Waals surface area contributed by atoms with E-state index in [4.69, 9.17) is 4.42 Å². The highest BCUT2D eigenvalue weighted by Crippen LogP contribution is 2.11. The van der Waals surface area contributed by atoms with Gasteiger partial charge in [-0.05, 0) is 36.9 Å². The number of carbonyl (C=O) groups is 2. The number of furan rings is 1. The summed E-state index contributed by atoms with van der Waals surface area (Å²) in [6.45, 7) is 3.22. The molecule has 0 atom stereocenters. The summed E-state index contributed by atoms with van der Waals surface area (Å²) < 4.78 is 5.15. The lowest BCUT2D eigenvalue weighted by atomic mass is 10.2. The molecular weight excluding hydrogens is 282 g/mol. The van der Waals surface area contributed by atoms with Gasteiger partial charge in [0.05, 0.1) is 19.4 Å². The van der Waals surface area contributed by atoms with Gasteiger partial charge in [-0.3, -0.25) is 9.59 Å². The highest BCUT2D eigenvalue weighted by Gasteiger charge is 2.08. The van der Waals surface area contributed by atoms with Crippen LogP contribution in [-0.4, -0.2) is 24.9 Å². The maximum Gasteiger partial charge on any atom is 0.251 e. The normalized spacial score (nSPS) is 10.2. The number of benzene rings is 1. The van der Waals surface area contributed by atoms with Crippen molar-refractivity contribution in [1.29, 1.82) is 0 Å². The number of carbonyl (C=O) groups excluding carboxylic acids is 2. The van der Waals surface area contributed by atoms with Crippen LogP contribution in [0.2, 0.25) is 0 Å². The van der Waals surface area contributed by atoms with Crippen molar-refractivity contribution < 1.29 is 14.0 Å². The van der Waals surface area contributed by atoms with E-state index in [1.54, 1.807) is 42.7 Å². The second kappa shape index (κ2) is 7.99. The molecule has 0 spiro atoms. The van der Waals surface area contributed by atoms with Crippen molar-refractivity contribution >= 4 is 17.5 Å². The zero-order chi connectivity index (χ0) is 15.8. The van der Waals surface area contributed by atoms with Crippen LogP contribution in [0.25, 0.3) is 0 Å². The SMILES string of the molecule is CCNCC(=O)Nc1cccc(C(=O)NCc2ccco2)c1. The highest BCUT2D eigenvalue weighted by atomic mass is 16.3. The second-order valence-corrected chi connectivity index (χ2v) is 4.67. The van der Waals surface area contributed by atoms with E-state index in [2.05, 4.69) is 16.0 Å². The van der Waals surface area contributed by atoms with Crippen molar-refractivity contribution in [3.05, 3.63) is 54.0 Å². The summed E-state index contributed by atoms with van der Waals surface area (Å²) in [6, 6.07) is 10.4. The van der Waals surface area contributed by atoms with Crippen LogP contribution in [0, 0.1) is 0 Å². The van der Waals surface area contributed by atoms with E-state index in [1.165, 1.54) is 0 Å². The smallest absolute Gasteiger partial charge is 0.251 e. The topological polar surface area (TPSA) is 83.4 Å². The molecule has 1 aromatic carbocycles. The van der Waals surface area contributed by atoms with Crippen LogP contribution >= 0.6 is 0 Å². The molecule has 22 heavy (non-hydrogen) atoms. The molecule has 0 saturated carbocycles. The Hall–Kier alpha value is -2.60. The lowest BCUT2D eigenvalue weighted by molar-refractivity contribution is -0.115. The third-order valence-electron chi connectivity index (χ3n) is 2.95. The molecule has 0 radical (unpaired) electrons. The van der Waals surface area contributed by atoms with Crippen LogP contribution in [0.5, 0.6) is 0 Å². The van der Waals surface area contributed by atoms with Gasteiger partial charge in [-0.2, -0.15) is 0 Å². The molecule has 0 aliphatic carbocycles. The first-order chi connectivity index (χ1) is 10.7. The number of nitrogens with one attached hydrogen (secondary N) is 3. The van der Waals surface area contributed by atoms with Gasteiger partial charge in [-0.1, -0.05) is 13.0 Å². The average molecular weight is 301 g/mol. The molecule has 116 valence electrons. The monoisotopic (exact) mass is 301 g/mol. The van der Waals surface area contributed by atoms with Gasteiger partial charge in [0.2, 0.25) is 5.91 Å². The van der Waals surface area contributed by atoms with E-state index in [0.717, 1.165) is 6.54 Å². The fourth-order valence-electron chi connectivity index (χ4n) is 1.86. The Bertz CT molecular complexity index is 623. The molecule has 1 heterocycles. The quantitative estimate of drug-likeness (QED) is 0.727. The molecule has 6 heteroatoms. The zero-order valence-corrected chi connectivity index (χ0v) is 12.4. The van der Waals surface area contributed by atoms with Crippen LogP contribution in [0.15, 0.2) is 47.1 Å². The first-order valence-electron chi connectivity index (χ1n) is 7.10. The van der Waals surface area contributed by atoms with Crippen molar-refractivity contribution in [2.75, 3.05) is 18.4 Å². The fourth-order valence-corrected chi connectivity index (χ4v) is 1.86. The fraction of sp³-hybridized carbons (Fsp3) is 0.250. The Kier molecular flexibility index (Phi) is 5.73. The first kappa shape index (κ1) is 15.8. The van der Waals surface area contributed by atoms with Crippen molar-refractivity contribution in [2.24, 2.45) is 0 Å². The number of likely N-dealkylation sites (N-methyl/N-ethyl adjacent to an activating group) is 1. The van der Waals surface area contributed by atoms with Crippen LogP contribution in [0.1, 0.15) is 23.0 Å². The summed E-state index contributed by atoms with van der Waals surface area (Å²) in [7, 11) is 0. The Balaban J connectivity index is 1.92. The number of anilines is 1. The number of hydrogen-bond donors (Lipinski definition) is 3.